The molecule has 3 rings (SSSR count). The summed E-state index contributed by atoms with van der Waals surface area (Å²) in [5.41, 5.74) is -0.120. The number of methoxy groups -OCH3 is 1. The number of aromatic nitrogens is 2. The highest BCUT2D eigenvalue weighted by atomic mass is 16.5. The third kappa shape index (κ3) is 2.10. The summed E-state index contributed by atoms with van der Waals surface area (Å²) in [5, 5.41) is 17.2. The molecular weight excluding hydrogens is 262 g/mol. The molecule has 0 unspecified atom stereocenters. The van der Waals surface area contributed by atoms with Gasteiger partial charge in [-0.05, 0) is 18.8 Å². The first-order chi connectivity index (χ1) is 9.68. The zero-order valence-corrected chi connectivity index (χ0v) is 11.5. The maximum atomic E-state index is 12.4. The number of nitrogens with zero attached hydrogens (tertiary/aromatic N) is 3. The Balaban J connectivity index is 1.72. The Morgan fingerprint density at radius 3 is 3.15 bits per heavy atom. The number of fused-ring (bicyclic) bond motifs is 1. The third-order valence-electron chi connectivity index (χ3n) is 4.56. The van der Waals surface area contributed by atoms with Crippen LogP contribution in [0.4, 0.5) is 0 Å². The minimum absolute atomic E-state index is 0.00473. The van der Waals surface area contributed by atoms with E-state index in [4.69, 9.17) is 9.15 Å². The topological polar surface area (TPSA) is 88.7 Å². The number of ether oxygens (including phenoxy) is 1. The molecule has 1 N–H and O–H groups in total. The van der Waals surface area contributed by atoms with Crippen molar-refractivity contribution in [1.82, 2.24) is 15.1 Å². The number of hydrogen-bond donors (Lipinski definition) is 1. The van der Waals surface area contributed by atoms with Crippen molar-refractivity contribution in [2.24, 2.45) is 11.3 Å². The second kappa shape index (κ2) is 5.14. The zero-order chi connectivity index (χ0) is 14.2. The molecule has 0 spiro atoms. The summed E-state index contributed by atoms with van der Waals surface area (Å²) in [6.07, 6.45) is 3.19. The molecule has 20 heavy (non-hydrogen) atoms. The minimum atomic E-state index is -0.248. The van der Waals surface area contributed by atoms with Crippen LogP contribution >= 0.6 is 0 Å². The second-order valence-corrected chi connectivity index (χ2v) is 5.73. The van der Waals surface area contributed by atoms with E-state index >= 15 is 0 Å². The maximum Gasteiger partial charge on any atom is 0.311 e. The van der Waals surface area contributed by atoms with E-state index in [1.807, 2.05) is 0 Å². The maximum absolute atomic E-state index is 12.4. The first kappa shape index (κ1) is 13.5. The minimum Gasteiger partial charge on any atom is -0.414 e. The molecule has 0 bridgehead atoms. The highest BCUT2D eigenvalue weighted by Crippen LogP contribution is 2.48. The van der Waals surface area contributed by atoms with Crippen LogP contribution in [0.25, 0.3) is 0 Å². The van der Waals surface area contributed by atoms with E-state index in [0.29, 0.717) is 24.9 Å². The predicted molar refractivity (Wildman–Crippen MR) is 67.8 cm³/mol. The van der Waals surface area contributed by atoms with Crippen LogP contribution < -0.4 is 0 Å². The molecule has 110 valence electrons. The molecule has 1 saturated carbocycles. The van der Waals surface area contributed by atoms with Gasteiger partial charge in [0.1, 0.15) is 6.61 Å². The van der Waals surface area contributed by atoms with Gasteiger partial charge in [0.25, 0.3) is 0 Å². The Morgan fingerprint density at radius 2 is 2.45 bits per heavy atom. The molecule has 0 aromatic carbocycles. The van der Waals surface area contributed by atoms with Crippen LogP contribution in [-0.4, -0.2) is 52.9 Å². The highest BCUT2D eigenvalue weighted by Gasteiger charge is 2.50. The number of amides is 1. The predicted octanol–water partition coefficient (Wildman–Crippen LogP) is 0.451. The van der Waals surface area contributed by atoms with Gasteiger partial charge < -0.3 is 19.2 Å². The molecule has 2 heterocycles. The summed E-state index contributed by atoms with van der Waals surface area (Å²) in [5.74, 6) is 0.442. The number of rotatable bonds is 4. The van der Waals surface area contributed by atoms with Gasteiger partial charge in [-0.25, -0.2) is 0 Å². The van der Waals surface area contributed by atoms with Crippen molar-refractivity contribution in [1.29, 1.82) is 0 Å². The van der Waals surface area contributed by atoms with Crippen LogP contribution in [0.2, 0.25) is 0 Å². The number of aliphatic hydroxyl groups excluding tert-OH is 1. The molecule has 2 atom stereocenters. The van der Waals surface area contributed by atoms with Gasteiger partial charge in [-0.2, -0.15) is 0 Å². The van der Waals surface area contributed by atoms with Gasteiger partial charge in [0, 0.05) is 25.6 Å². The average molecular weight is 281 g/mol. The fraction of sp³-hybridized carbons (Fsp3) is 0.769. The summed E-state index contributed by atoms with van der Waals surface area (Å²) in [6, 6.07) is 0. The van der Waals surface area contributed by atoms with Crippen LogP contribution in [0.3, 0.4) is 0 Å². The lowest BCUT2D eigenvalue weighted by Gasteiger charge is -2.25. The average Bonchev–Trinajstić information content (AvgIpc) is 3.11. The molecule has 7 heteroatoms. The summed E-state index contributed by atoms with van der Waals surface area (Å²) < 4.78 is 10.2. The lowest BCUT2D eigenvalue weighted by atomic mass is 9.82. The van der Waals surface area contributed by atoms with Crippen molar-refractivity contribution in [3.8, 4) is 0 Å². The Bertz CT molecular complexity index is 504. The number of aliphatic hydroxyl groups is 1. The van der Waals surface area contributed by atoms with E-state index < -0.39 is 0 Å². The van der Waals surface area contributed by atoms with Gasteiger partial charge in [-0.3, -0.25) is 4.79 Å². The van der Waals surface area contributed by atoms with Crippen molar-refractivity contribution in [3.05, 3.63) is 11.8 Å². The Labute approximate surface area is 116 Å². The van der Waals surface area contributed by atoms with E-state index in [0.717, 1.165) is 19.3 Å². The monoisotopic (exact) mass is 281 g/mol. The van der Waals surface area contributed by atoms with Gasteiger partial charge in [-0.1, -0.05) is 6.42 Å². The normalized spacial score (nSPS) is 28.9. The first-order valence-corrected chi connectivity index (χ1v) is 6.90. The highest BCUT2D eigenvalue weighted by molar-refractivity contribution is 5.89. The summed E-state index contributed by atoms with van der Waals surface area (Å²) in [6.45, 7) is 1.58. The van der Waals surface area contributed by atoms with Crippen molar-refractivity contribution in [2.75, 3.05) is 26.8 Å². The second-order valence-electron chi connectivity index (χ2n) is 5.73. The summed E-state index contributed by atoms with van der Waals surface area (Å²) >= 11 is 0. The van der Waals surface area contributed by atoms with Crippen LogP contribution in [0.15, 0.2) is 4.42 Å². The summed E-state index contributed by atoms with van der Waals surface area (Å²) in [7, 11) is 1.53. The zero-order valence-electron chi connectivity index (χ0n) is 11.5. The quantitative estimate of drug-likeness (QED) is 0.862. The van der Waals surface area contributed by atoms with Crippen molar-refractivity contribution in [2.45, 2.75) is 25.9 Å². The molecule has 1 saturated heterocycles. The third-order valence-corrected chi connectivity index (χ3v) is 4.56. The molecule has 1 aromatic rings. The van der Waals surface area contributed by atoms with Gasteiger partial charge in [-0.15, -0.1) is 10.2 Å². The molecule has 1 aliphatic carbocycles. The van der Waals surface area contributed by atoms with Gasteiger partial charge in [0.15, 0.2) is 0 Å². The van der Waals surface area contributed by atoms with E-state index in [1.54, 1.807) is 4.90 Å². The van der Waals surface area contributed by atoms with Crippen molar-refractivity contribution >= 4 is 5.91 Å². The number of hydrogen-bond acceptors (Lipinski definition) is 6. The molecule has 2 aliphatic rings. The van der Waals surface area contributed by atoms with E-state index in [9.17, 15) is 9.90 Å². The molecule has 1 amide bonds. The smallest absolute Gasteiger partial charge is 0.311 e. The number of carbonyl (C=O) groups excluding carboxylic acids is 1. The fourth-order valence-corrected chi connectivity index (χ4v) is 3.48. The Morgan fingerprint density at radius 1 is 1.60 bits per heavy atom. The SMILES string of the molecule is COCc1nnc(C(=O)N2C[C@H]3CCC[C@@]3(CO)C2)o1. The van der Waals surface area contributed by atoms with E-state index in [1.165, 1.54) is 7.11 Å². The lowest BCUT2D eigenvalue weighted by molar-refractivity contribution is 0.0690. The van der Waals surface area contributed by atoms with E-state index in [-0.39, 0.29) is 30.4 Å². The molecule has 1 aliphatic heterocycles. The van der Waals surface area contributed by atoms with Crippen LogP contribution in [0.5, 0.6) is 0 Å². The van der Waals surface area contributed by atoms with E-state index in [2.05, 4.69) is 10.2 Å². The van der Waals surface area contributed by atoms with Crippen molar-refractivity contribution < 1.29 is 19.1 Å². The standard InChI is InChI=1S/C13H19N3O4/c1-19-6-10-14-15-11(20-10)12(18)16-5-9-3-2-4-13(9,7-16)8-17/h9,17H,2-8H2,1H3/t9-,13+/m1/s1. The van der Waals surface area contributed by atoms with Crippen molar-refractivity contribution in [3.63, 3.8) is 0 Å². The largest absolute Gasteiger partial charge is 0.414 e. The van der Waals surface area contributed by atoms with Crippen LogP contribution in [0, 0.1) is 11.3 Å². The lowest BCUT2D eigenvalue weighted by Crippen LogP contribution is -2.34. The number of likely N-dealkylation sites (tertiary alicyclic amines) is 1. The Hall–Kier alpha value is -1.47. The molecule has 2 fully saturated rings. The first-order valence-electron chi connectivity index (χ1n) is 6.90. The Kier molecular flexibility index (Phi) is 3.47. The molecule has 0 radical (unpaired) electrons. The van der Waals surface area contributed by atoms with Gasteiger partial charge in [0.05, 0.1) is 6.61 Å². The van der Waals surface area contributed by atoms with Gasteiger partial charge in [0.2, 0.25) is 5.89 Å². The van der Waals surface area contributed by atoms with Gasteiger partial charge >= 0.3 is 11.8 Å². The fourth-order valence-electron chi connectivity index (χ4n) is 3.48. The molecule has 7 nitrogen and oxygen atoms in total. The summed E-state index contributed by atoms with van der Waals surface area (Å²) in [4.78, 5) is 14.1. The van der Waals surface area contributed by atoms with Crippen LogP contribution in [-0.2, 0) is 11.3 Å². The number of carbonyl (C=O) groups is 1. The molecular formula is C13H19N3O4. The molecule has 1 aromatic heterocycles. The van der Waals surface area contributed by atoms with Crippen LogP contribution in [0.1, 0.15) is 35.8 Å².